The van der Waals surface area contributed by atoms with Gasteiger partial charge in [0.2, 0.25) is 0 Å². The largest absolute Gasteiger partial charge is 0.522 e. The second kappa shape index (κ2) is 22.0. The molecule has 15 rings (SSSR count). The first-order valence-corrected chi connectivity index (χ1v) is 32.4. The van der Waals surface area contributed by atoms with E-state index in [1.54, 1.807) is 6.20 Å². The van der Waals surface area contributed by atoms with E-state index < -0.39 is 0 Å². The van der Waals surface area contributed by atoms with E-state index in [0.717, 1.165) is 55.5 Å². The fourth-order valence-electron chi connectivity index (χ4n) is 13.5. The molecule has 0 aliphatic rings. The van der Waals surface area contributed by atoms with Crippen molar-refractivity contribution in [2.45, 2.75) is 131 Å². The number of nitrogens with zero attached hydrogens (tertiary/aromatic N) is 6. The molecule has 0 spiro atoms. The first kappa shape index (κ1) is 61.3. The van der Waals surface area contributed by atoms with Gasteiger partial charge in [0.15, 0.2) is 0 Å². The second-order valence-electron chi connectivity index (χ2n) is 30.6. The fraction of sp³-hybridized carbons (Fsp3) is 0.235. The molecule has 0 aliphatic heterocycles. The van der Waals surface area contributed by atoms with E-state index >= 15 is 0 Å². The third-order valence-corrected chi connectivity index (χ3v) is 18.9. The van der Waals surface area contributed by atoms with Crippen LogP contribution in [0, 0.1) is 18.5 Å². The third-order valence-electron chi connectivity index (χ3n) is 18.9. The Balaban J connectivity index is 0.00000749. The number of imidazole rings is 1. The van der Waals surface area contributed by atoms with Crippen LogP contribution in [0.5, 0.6) is 11.5 Å². The minimum absolute atomic E-state index is 0. The zero-order chi connectivity index (χ0) is 64.1. The third kappa shape index (κ3) is 10.8. The van der Waals surface area contributed by atoms with Gasteiger partial charge in [-0.25, -0.2) is 4.98 Å². The first-order valence-electron chi connectivity index (χ1n) is 32.4. The van der Waals surface area contributed by atoms with Gasteiger partial charge >= 0.3 is 0 Å². The number of pyridine rings is 2. The number of rotatable bonds is 8. The van der Waals surface area contributed by atoms with Crippen molar-refractivity contribution in [1.82, 2.24) is 23.5 Å². The summed E-state index contributed by atoms with van der Waals surface area (Å²) in [6, 6.07) is 76.8. The van der Waals surface area contributed by atoms with Crippen LogP contribution >= 0.6 is 0 Å². The standard InChI is InChI=1S/C85H78N6O.Pt/c1-81(2,3)58-32-34-87-79(46-58)90-74-31-28-52(53-36-54(56-39-59(82(4,5)6)44-60(40-56)83(7,8)9)38-55(37-53)57-41-61(84(10,11)12)45-62(42-57)85(13,14)15)43-69(74)68-30-29-64(49-77(68)90)92-65-33-35-86-78(50-65)89-51-88(75-26-20-21-27-76(75)89)63-47-70-66-22-16-18-24-72(66)91-73-25-19-17-23-67(73)71(48-63)80(70)91;/h16-48H,1-15H3;/q-2;. The zero-order valence-electron chi connectivity index (χ0n) is 56.0. The summed E-state index contributed by atoms with van der Waals surface area (Å²) < 4.78 is 15.7. The Hall–Kier alpha value is -9.16. The van der Waals surface area contributed by atoms with E-state index in [9.17, 15) is 0 Å². The van der Waals surface area contributed by atoms with Crippen molar-refractivity contribution < 1.29 is 30.4 Å². The maximum Gasteiger partial charge on any atom is 0.269 e. The molecule has 8 heteroatoms. The smallest absolute Gasteiger partial charge is 0.269 e. The topological polar surface area (TPSA) is 53.2 Å². The van der Waals surface area contributed by atoms with Gasteiger partial charge in [0.25, 0.3) is 6.33 Å². The predicted molar refractivity (Wildman–Crippen MR) is 382 cm³/mol. The van der Waals surface area contributed by atoms with Gasteiger partial charge in [0.05, 0.1) is 39.1 Å². The van der Waals surface area contributed by atoms with Crippen molar-refractivity contribution in [2.24, 2.45) is 0 Å². The quantitative estimate of drug-likeness (QED) is 0.113. The van der Waals surface area contributed by atoms with E-state index in [4.69, 9.17) is 14.7 Å². The molecule has 0 saturated carbocycles. The van der Waals surface area contributed by atoms with Gasteiger partial charge in [-0.05, 0) is 160 Å². The summed E-state index contributed by atoms with van der Waals surface area (Å²) in [5, 5.41) is 6.97. The molecule has 0 bridgehead atoms. The van der Waals surface area contributed by atoms with Gasteiger partial charge in [-0.15, -0.1) is 17.5 Å². The molecule has 0 saturated heterocycles. The molecule has 6 aromatic heterocycles. The molecule has 0 fully saturated rings. The Morgan fingerprint density at radius 2 is 0.871 bits per heavy atom. The van der Waals surface area contributed by atoms with Crippen molar-refractivity contribution in [3.8, 4) is 62.2 Å². The molecular weight excluding hydrogens is 1320 g/mol. The van der Waals surface area contributed by atoms with E-state index in [-0.39, 0.29) is 48.1 Å². The number of hydrogen-bond acceptors (Lipinski definition) is 3. The second-order valence-corrected chi connectivity index (χ2v) is 30.6. The van der Waals surface area contributed by atoms with E-state index in [1.807, 2.05) is 22.9 Å². The number of benzene rings is 9. The van der Waals surface area contributed by atoms with Crippen molar-refractivity contribution in [3.63, 3.8) is 0 Å². The normalized spacial score (nSPS) is 12.8. The van der Waals surface area contributed by atoms with Crippen molar-refractivity contribution >= 4 is 70.9 Å². The van der Waals surface area contributed by atoms with Gasteiger partial charge in [0.1, 0.15) is 5.82 Å². The summed E-state index contributed by atoms with van der Waals surface area (Å²) in [6.07, 6.45) is 7.43. The number of para-hydroxylation sites is 4. The molecule has 6 heterocycles. The Labute approximate surface area is 561 Å². The molecule has 9 aromatic carbocycles. The average Bonchev–Trinajstić information content (AvgIpc) is 1.55. The summed E-state index contributed by atoms with van der Waals surface area (Å²) in [5.41, 5.74) is 21.7. The molecular formula is C85H78N6OPt-2. The van der Waals surface area contributed by atoms with Crippen LogP contribution in [0.3, 0.4) is 0 Å². The van der Waals surface area contributed by atoms with E-state index in [2.05, 4.69) is 312 Å². The minimum atomic E-state index is -0.112. The van der Waals surface area contributed by atoms with Crippen LogP contribution in [0.15, 0.2) is 200 Å². The molecule has 0 atom stereocenters. The molecule has 93 heavy (non-hydrogen) atoms. The van der Waals surface area contributed by atoms with Crippen LogP contribution in [-0.4, -0.2) is 23.5 Å². The van der Waals surface area contributed by atoms with Gasteiger partial charge in [-0.1, -0.05) is 225 Å². The zero-order valence-corrected chi connectivity index (χ0v) is 58.2. The minimum Gasteiger partial charge on any atom is -0.522 e. The van der Waals surface area contributed by atoms with E-state index in [1.165, 1.54) is 88.2 Å². The van der Waals surface area contributed by atoms with Gasteiger partial charge in [-0.2, -0.15) is 18.2 Å². The molecule has 0 N–H and O–H groups in total. The number of aromatic nitrogens is 6. The van der Waals surface area contributed by atoms with Crippen LogP contribution in [0.2, 0.25) is 0 Å². The molecule has 0 aliphatic carbocycles. The fourth-order valence-corrected chi connectivity index (χ4v) is 13.5. The average molecular weight is 1390 g/mol. The monoisotopic (exact) mass is 1390 g/mol. The van der Waals surface area contributed by atoms with Gasteiger partial charge in [-0.3, -0.25) is 14.1 Å². The summed E-state index contributed by atoms with van der Waals surface area (Å²) in [4.78, 5) is 10.0. The number of fused-ring (bicyclic) bond motifs is 10. The first-order chi connectivity index (χ1) is 43.7. The van der Waals surface area contributed by atoms with Crippen LogP contribution in [-0.2, 0) is 48.1 Å². The Kier molecular flexibility index (Phi) is 14.5. The molecule has 7 nitrogen and oxygen atoms in total. The summed E-state index contributed by atoms with van der Waals surface area (Å²) >= 11 is 0. The van der Waals surface area contributed by atoms with Gasteiger partial charge in [0, 0.05) is 60.1 Å². The van der Waals surface area contributed by atoms with Gasteiger partial charge < -0.3 is 13.7 Å². The molecule has 466 valence electrons. The van der Waals surface area contributed by atoms with Crippen molar-refractivity contribution in [1.29, 1.82) is 0 Å². The predicted octanol–water partition coefficient (Wildman–Crippen LogP) is 21.6. The van der Waals surface area contributed by atoms with Crippen molar-refractivity contribution in [2.75, 3.05) is 0 Å². The number of hydrogen-bond donors (Lipinski definition) is 0. The SMILES string of the molecule is CC(C)(C)c1cc(-c2cc(-c3cc(C(C)(C)C)cc(C(C)(C)C)c3)cc(-c3ccc4c(c3)c3ccc(Oc5[c-]c(-n6[c-][n+](-c7cc8c9ccccc9n9c%10ccccc%10c(c7)c89)c7ccccc76)ncc5)[c-]c3n4-c3cc(C(C)(C)C)ccn3)c2)cc(C(C)(C)C)c1.[Pt]. The molecule has 0 unspecified atom stereocenters. The molecule has 0 amide bonds. The van der Waals surface area contributed by atoms with Crippen LogP contribution < -0.4 is 9.30 Å². The van der Waals surface area contributed by atoms with Crippen LogP contribution in [0.1, 0.15) is 132 Å². The van der Waals surface area contributed by atoms with Crippen molar-refractivity contribution in [3.05, 3.63) is 247 Å². The van der Waals surface area contributed by atoms with E-state index in [0.29, 0.717) is 17.3 Å². The Morgan fingerprint density at radius 1 is 0.376 bits per heavy atom. The van der Waals surface area contributed by atoms with Crippen LogP contribution in [0.4, 0.5) is 0 Å². The maximum absolute atomic E-state index is 6.87. The summed E-state index contributed by atoms with van der Waals surface area (Å²) in [6.45, 7) is 34.6. The molecule has 15 aromatic rings. The number of ether oxygens (including phenoxy) is 1. The van der Waals surface area contributed by atoms with Crippen LogP contribution in [0.25, 0.3) is 122 Å². The Bertz CT molecular complexity index is 5220. The summed E-state index contributed by atoms with van der Waals surface area (Å²) in [5.74, 6) is 2.41. The summed E-state index contributed by atoms with van der Waals surface area (Å²) in [7, 11) is 0. The molecule has 0 radical (unpaired) electrons. The maximum atomic E-state index is 6.87. The Morgan fingerprint density at radius 3 is 1.43 bits per heavy atom.